The number of carbonyl (C=O) groups is 4. The Bertz CT molecular complexity index is 3030. The van der Waals surface area contributed by atoms with Gasteiger partial charge in [0.15, 0.2) is 13.5 Å². The molecule has 2 heterocycles. The van der Waals surface area contributed by atoms with Crippen LogP contribution in [0.5, 0.6) is 0 Å². The lowest BCUT2D eigenvalue weighted by Crippen LogP contribution is -2.58. The van der Waals surface area contributed by atoms with Crippen LogP contribution in [0.15, 0.2) is 114 Å². The van der Waals surface area contributed by atoms with E-state index in [1.807, 2.05) is 48.2 Å². The SMILES string of the molecule is C=C(C(=O)O)C(=C\C=C(/N)N1CCc2cccc(C(=O)Nc3nc4ccccc4s3)c2C1)/C(C=N)=C(\C)NCC1(C)CC2(C)CC(C)(C)CC(OCCOCCN(CCCP(O)O)C(=O)OCc3ccc(NC(=O)C(C)NC)cc3)(C1)C2. The zero-order valence-electron chi connectivity index (χ0n) is 48.4. The number of thiazole rings is 1. The zero-order chi connectivity index (χ0) is 59.4. The molecular formula is C61H82N9O10PS. The first-order valence-electron chi connectivity index (χ1n) is 27.9. The summed E-state index contributed by atoms with van der Waals surface area (Å²) in [6.45, 7) is 19.4. The molecule has 19 nitrogen and oxygen atoms in total. The van der Waals surface area contributed by atoms with Gasteiger partial charge in [0.1, 0.15) is 6.61 Å². The number of carbonyl (C=O) groups excluding carboxylic acids is 3. The first-order valence-corrected chi connectivity index (χ1v) is 30.1. The molecule has 3 aromatic carbocycles. The molecule has 4 atom stereocenters. The number of benzene rings is 3. The van der Waals surface area contributed by atoms with Crippen LogP contribution in [0.1, 0.15) is 107 Å². The monoisotopic (exact) mass is 1160 g/mol. The Kier molecular flexibility index (Phi) is 21.3. The van der Waals surface area contributed by atoms with E-state index in [0.29, 0.717) is 72.6 Å². The highest BCUT2D eigenvalue weighted by Gasteiger charge is 2.58. The Morgan fingerprint density at radius 3 is 2.41 bits per heavy atom. The number of hydrogen-bond donors (Lipinski definition) is 9. The fourth-order valence-electron chi connectivity index (χ4n) is 12.7. The van der Waals surface area contributed by atoms with Crippen molar-refractivity contribution in [3.63, 3.8) is 0 Å². The molecule has 1 aliphatic heterocycles. The number of ether oxygens (including phenoxy) is 3. The minimum Gasteiger partial charge on any atom is -0.478 e. The van der Waals surface area contributed by atoms with Crippen LogP contribution in [0.3, 0.4) is 0 Å². The summed E-state index contributed by atoms with van der Waals surface area (Å²) in [5.74, 6) is -1.31. The number of carboxylic acid groups (broad SMARTS) is 1. The fraction of sp³-hybridized carbons (Fsp3) is 0.475. The molecule has 0 spiro atoms. The molecule has 0 saturated heterocycles. The second-order valence-electron chi connectivity index (χ2n) is 23.5. The van der Waals surface area contributed by atoms with E-state index < -0.39 is 26.0 Å². The number of nitrogens with two attached hydrogens (primary N) is 1. The Balaban J connectivity index is 0.972. The summed E-state index contributed by atoms with van der Waals surface area (Å²) < 4.78 is 19.7. The minimum absolute atomic E-state index is 0.00493. The molecule has 3 aliphatic rings. The highest BCUT2D eigenvalue weighted by molar-refractivity contribution is 7.45. The van der Waals surface area contributed by atoms with Gasteiger partial charge in [0.05, 0.1) is 53.1 Å². The summed E-state index contributed by atoms with van der Waals surface area (Å²) in [5, 5.41) is 31.7. The van der Waals surface area contributed by atoms with Crippen molar-refractivity contribution in [2.24, 2.45) is 22.0 Å². The second-order valence-corrected chi connectivity index (χ2v) is 25.8. The largest absolute Gasteiger partial charge is 0.478 e. The molecule has 2 aliphatic carbocycles. The molecule has 7 rings (SSSR count). The van der Waals surface area contributed by atoms with E-state index in [4.69, 9.17) is 25.4 Å². The second kappa shape index (κ2) is 27.7. The number of carboxylic acids is 1. The number of para-hydroxylation sites is 1. The van der Waals surface area contributed by atoms with Gasteiger partial charge in [-0.2, -0.15) is 0 Å². The average molecular weight is 1160 g/mol. The summed E-state index contributed by atoms with van der Waals surface area (Å²) in [4.78, 5) is 79.0. The number of fused-ring (bicyclic) bond motifs is 4. The van der Waals surface area contributed by atoms with Crippen molar-refractivity contribution in [1.29, 1.82) is 5.41 Å². The number of rotatable bonds is 27. The number of aliphatic carboxylic acids is 1. The molecular weight excluding hydrogens is 1080 g/mol. The van der Waals surface area contributed by atoms with E-state index in [-0.39, 0.29) is 84.3 Å². The first-order chi connectivity index (χ1) is 38.9. The number of nitrogens with zero attached hydrogens (tertiary/aromatic N) is 3. The van der Waals surface area contributed by atoms with Crippen molar-refractivity contribution in [2.75, 3.05) is 69.8 Å². The molecule has 1 aromatic heterocycles. The number of likely N-dealkylation sites (N-methyl/N-ethyl adjacent to an activating group) is 1. The predicted molar refractivity (Wildman–Crippen MR) is 324 cm³/mol. The van der Waals surface area contributed by atoms with Crippen molar-refractivity contribution in [3.05, 3.63) is 136 Å². The normalized spacial score (nSPS) is 21.2. The Hall–Kier alpha value is -6.51. The molecule has 0 radical (unpaired) electrons. The van der Waals surface area contributed by atoms with Gasteiger partial charge in [-0.1, -0.05) is 82.0 Å². The average Bonchev–Trinajstić information content (AvgIpc) is 1.83. The highest BCUT2D eigenvalue weighted by atomic mass is 32.1. The van der Waals surface area contributed by atoms with Gasteiger partial charge in [-0.25, -0.2) is 14.6 Å². The Labute approximate surface area is 486 Å². The lowest BCUT2D eigenvalue weighted by atomic mass is 9.48. The van der Waals surface area contributed by atoms with Crippen LogP contribution in [0.4, 0.5) is 15.6 Å². The van der Waals surface area contributed by atoms with Crippen LogP contribution in [-0.2, 0) is 43.4 Å². The predicted octanol–water partition coefficient (Wildman–Crippen LogP) is 9.45. The Morgan fingerprint density at radius 2 is 1.71 bits per heavy atom. The van der Waals surface area contributed by atoms with E-state index in [1.54, 1.807) is 56.5 Å². The molecule has 21 heteroatoms. The summed E-state index contributed by atoms with van der Waals surface area (Å²) in [6, 6.07) is 20.1. The van der Waals surface area contributed by atoms with E-state index in [0.717, 1.165) is 65.2 Å². The Morgan fingerprint density at radius 1 is 0.951 bits per heavy atom. The highest BCUT2D eigenvalue weighted by Crippen LogP contribution is 2.63. The topological polar surface area (TPSA) is 274 Å². The van der Waals surface area contributed by atoms with Gasteiger partial charge >= 0.3 is 12.1 Å². The van der Waals surface area contributed by atoms with Crippen LogP contribution in [0, 0.1) is 21.7 Å². The molecule has 82 heavy (non-hydrogen) atoms. The third-order valence-electron chi connectivity index (χ3n) is 15.7. The van der Waals surface area contributed by atoms with Gasteiger partial charge in [-0.05, 0) is 147 Å². The number of aromatic nitrogens is 1. The van der Waals surface area contributed by atoms with Crippen molar-refractivity contribution < 1.29 is 48.3 Å². The molecule has 10 N–H and O–H groups in total. The summed E-state index contributed by atoms with van der Waals surface area (Å²) in [6.07, 6.45) is 9.39. The molecule has 4 aromatic rings. The summed E-state index contributed by atoms with van der Waals surface area (Å²) >= 11 is 1.41. The number of nitrogens with one attached hydrogen (secondary N) is 5. The molecule has 4 unspecified atom stereocenters. The molecule has 3 amide bonds. The maximum Gasteiger partial charge on any atom is 0.410 e. The van der Waals surface area contributed by atoms with Gasteiger partial charge in [-0.15, -0.1) is 0 Å². The third kappa shape index (κ3) is 16.8. The molecule has 2 bridgehead atoms. The summed E-state index contributed by atoms with van der Waals surface area (Å²) in [7, 11) is -0.406. The maximum atomic E-state index is 13.7. The fourth-order valence-corrected chi connectivity index (χ4v) is 13.9. The van der Waals surface area contributed by atoms with Gasteiger partial charge in [-0.3, -0.25) is 14.9 Å². The van der Waals surface area contributed by atoms with E-state index in [9.17, 15) is 34.1 Å². The molecule has 2 fully saturated rings. The van der Waals surface area contributed by atoms with E-state index in [2.05, 4.69) is 60.5 Å². The smallest absolute Gasteiger partial charge is 0.410 e. The lowest BCUT2D eigenvalue weighted by Gasteiger charge is -2.61. The van der Waals surface area contributed by atoms with Crippen LogP contribution >= 0.6 is 19.7 Å². The van der Waals surface area contributed by atoms with Gasteiger partial charge in [0.2, 0.25) is 5.91 Å². The third-order valence-corrected chi connectivity index (χ3v) is 17.3. The van der Waals surface area contributed by atoms with Gasteiger partial charge in [0, 0.05) is 67.6 Å². The van der Waals surface area contributed by atoms with Crippen molar-refractivity contribution >= 4 is 70.8 Å². The van der Waals surface area contributed by atoms with Crippen LogP contribution < -0.4 is 27.0 Å². The number of allylic oxidation sites excluding steroid dienone is 4. The molecule has 2 saturated carbocycles. The molecule has 442 valence electrons. The van der Waals surface area contributed by atoms with Crippen molar-refractivity contribution in [1.82, 2.24) is 25.4 Å². The number of amides is 3. The number of hydrogen-bond acceptors (Lipinski definition) is 16. The van der Waals surface area contributed by atoms with Gasteiger partial charge < -0.3 is 66.0 Å². The van der Waals surface area contributed by atoms with E-state index >= 15 is 0 Å². The van der Waals surface area contributed by atoms with Crippen LogP contribution in [0.25, 0.3) is 10.2 Å². The van der Waals surface area contributed by atoms with Crippen LogP contribution in [-0.4, -0.2) is 131 Å². The van der Waals surface area contributed by atoms with Crippen molar-refractivity contribution in [3.8, 4) is 0 Å². The van der Waals surface area contributed by atoms with E-state index in [1.165, 1.54) is 16.2 Å². The lowest BCUT2D eigenvalue weighted by molar-refractivity contribution is -0.195. The maximum absolute atomic E-state index is 13.7. The standard InChI is InChI=1S/C61H82N9O10PS/c1-40(55(73)74)46(21-22-52(63)70-25-23-44-13-11-14-47(49(44)32-70)54(72)68-56-67-50-15-9-10-16-51(50)82-56)48(31-62)41(2)65-39-60(7)36-59(6)34-58(4,5)35-61(37-59,38-60)80-29-28-78-27-26-69(24-12-30-81(76)77)57(75)79-33-43-17-19-45(20-18-43)66-53(71)42(3)64-8/h9-11,13-22,31,42,62,64-65,76-77H,1,12,23-30,32-39,63H2,2-8H3,(H,66,71)(H,73,74)(H,67,68,72)/b46-21+,48-41+,52-22+,62-31?. The quantitative estimate of drug-likeness (QED) is 0.00884. The van der Waals surface area contributed by atoms with Gasteiger partial charge in [0.25, 0.3) is 5.91 Å². The summed E-state index contributed by atoms with van der Waals surface area (Å²) in [5.41, 5.74) is 11.6. The van der Waals surface area contributed by atoms with Crippen LogP contribution in [0.2, 0.25) is 0 Å². The minimum atomic E-state index is -2.11. The first kappa shape index (κ1) is 63.1. The van der Waals surface area contributed by atoms with Crippen molar-refractivity contribution in [2.45, 2.75) is 111 Å². The number of anilines is 2. The zero-order valence-corrected chi connectivity index (χ0v) is 50.1.